The predicted molar refractivity (Wildman–Crippen MR) is 68.4 cm³/mol. The second-order valence-corrected chi connectivity index (χ2v) is 7.32. The fourth-order valence-electron chi connectivity index (χ4n) is 1.88. The minimum Gasteiger partial charge on any atom is -0.394 e. The molecule has 0 saturated heterocycles. The van der Waals surface area contributed by atoms with Crippen LogP contribution in [0.2, 0.25) is 0 Å². The molecular formula is C12H25NOS. The summed E-state index contributed by atoms with van der Waals surface area (Å²) in [4.78, 5) is 0. The van der Waals surface area contributed by atoms with Gasteiger partial charge in [0.2, 0.25) is 0 Å². The van der Waals surface area contributed by atoms with Gasteiger partial charge in [0.1, 0.15) is 0 Å². The highest BCUT2D eigenvalue weighted by Crippen LogP contribution is 2.42. The Morgan fingerprint density at radius 3 is 2.27 bits per heavy atom. The second kappa shape index (κ2) is 5.07. The van der Waals surface area contributed by atoms with Crippen LogP contribution in [-0.4, -0.2) is 34.3 Å². The molecule has 0 bridgehead atoms. The Bertz CT molecular complexity index is 198. The molecule has 2 nitrogen and oxygen atoms in total. The van der Waals surface area contributed by atoms with Crippen LogP contribution in [0.15, 0.2) is 0 Å². The summed E-state index contributed by atoms with van der Waals surface area (Å²) in [5.41, 5.74) is -0.0211. The molecule has 1 saturated carbocycles. The van der Waals surface area contributed by atoms with E-state index in [-0.39, 0.29) is 16.9 Å². The van der Waals surface area contributed by atoms with Crippen molar-refractivity contribution in [2.75, 3.05) is 18.9 Å². The van der Waals surface area contributed by atoms with Gasteiger partial charge in [0.25, 0.3) is 0 Å². The van der Waals surface area contributed by atoms with Gasteiger partial charge in [0.05, 0.1) is 12.1 Å². The van der Waals surface area contributed by atoms with Crippen molar-refractivity contribution in [2.24, 2.45) is 5.92 Å². The predicted octanol–water partition coefficient (Wildman–Crippen LogP) is 2.27. The molecule has 1 atom stereocenters. The van der Waals surface area contributed by atoms with E-state index in [1.54, 1.807) is 0 Å². The largest absolute Gasteiger partial charge is 0.394 e. The maximum atomic E-state index is 9.64. The van der Waals surface area contributed by atoms with Gasteiger partial charge in [-0.25, -0.2) is 0 Å². The standard InChI is InChI=1S/C12H25NOS/c1-5-13-12(8-14,10-6-7-10)9-15-11(2,3)4/h10,13-14H,5-9H2,1-4H3. The molecule has 0 aliphatic heterocycles. The molecule has 0 heterocycles. The molecule has 90 valence electrons. The lowest BCUT2D eigenvalue weighted by atomic mass is 9.97. The van der Waals surface area contributed by atoms with Crippen LogP contribution in [0.25, 0.3) is 0 Å². The van der Waals surface area contributed by atoms with Gasteiger partial charge in [0, 0.05) is 10.5 Å². The lowest BCUT2D eigenvalue weighted by molar-refractivity contribution is 0.161. The van der Waals surface area contributed by atoms with Crippen LogP contribution in [0.1, 0.15) is 40.5 Å². The quantitative estimate of drug-likeness (QED) is 0.735. The Morgan fingerprint density at radius 1 is 1.33 bits per heavy atom. The monoisotopic (exact) mass is 231 g/mol. The number of hydrogen-bond donors (Lipinski definition) is 2. The van der Waals surface area contributed by atoms with Crippen LogP contribution in [0.3, 0.4) is 0 Å². The van der Waals surface area contributed by atoms with Crippen LogP contribution in [0, 0.1) is 5.92 Å². The molecule has 15 heavy (non-hydrogen) atoms. The molecule has 1 unspecified atom stereocenters. The Morgan fingerprint density at radius 2 is 1.93 bits per heavy atom. The second-order valence-electron chi connectivity index (χ2n) is 5.52. The minimum absolute atomic E-state index is 0.0211. The molecule has 0 amide bonds. The smallest absolute Gasteiger partial charge is 0.0624 e. The Kier molecular flexibility index (Phi) is 4.50. The lowest BCUT2D eigenvalue weighted by Gasteiger charge is -2.35. The highest BCUT2D eigenvalue weighted by Gasteiger charge is 2.44. The van der Waals surface area contributed by atoms with E-state index in [4.69, 9.17) is 0 Å². The number of nitrogens with one attached hydrogen (secondary N) is 1. The zero-order valence-electron chi connectivity index (χ0n) is 10.5. The summed E-state index contributed by atoms with van der Waals surface area (Å²) in [5, 5.41) is 13.1. The number of aliphatic hydroxyl groups excluding tert-OH is 1. The first kappa shape index (κ1) is 13.3. The van der Waals surface area contributed by atoms with Crippen molar-refractivity contribution in [3.05, 3.63) is 0 Å². The first-order valence-electron chi connectivity index (χ1n) is 5.93. The summed E-state index contributed by atoms with van der Waals surface area (Å²) < 4.78 is 0.282. The number of hydrogen-bond acceptors (Lipinski definition) is 3. The summed E-state index contributed by atoms with van der Waals surface area (Å²) in [7, 11) is 0. The maximum Gasteiger partial charge on any atom is 0.0624 e. The summed E-state index contributed by atoms with van der Waals surface area (Å²) in [5.74, 6) is 1.71. The zero-order valence-corrected chi connectivity index (χ0v) is 11.3. The minimum atomic E-state index is -0.0211. The third kappa shape index (κ3) is 3.97. The molecule has 0 aromatic carbocycles. The van der Waals surface area contributed by atoms with Gasteiger partial charge in [-0.1, -0.05) is 27.7 Å². The van der Waals surface area contributed by atoms with Gasteiger partial charge in [-0.05, 0) is 25.3 Å². The highest BCUT2D eigenvalue weighted by atomic mass is 32.2. The topological polar surface area (TPSA) is 32.3 Å². The number of aliphatic hydroxyl groups is 1. The van der Waals surface area contributed by atoms with Crippen molar-refractivity contribution < 1.29 is 5.11 Å². The number of thioether (sulfide) groups is 1. The third-order valence-electron chi connectivity index (χ3n) is 2.93. The van der Waals surface area contributed by atoms with Gasteiger partial charge in [-0.3, -0.25) is 0 Å². The molecule has 0 spiro atoms. The van der Waals surface area contributed by atoms with E-state index >= 15 is 0 Å². The molecule has 2 N–H and O–H groups in total. The van der Waals surface area contributed by atoms with E-state index in [1.165, 1.54) is 12.8 Å². The molecule has 1 aliphatic rings. The normalized spacial score (nSPS) is 21.4. The maximum absolute atomic E-state index is 9.64. The molecule has 1 rings (SSSR count). The molecule has 0 aromatic rings. The summed E-state index contributed by atoms with van der Waals surface area (Å²) in [6.07, 6.45) is 2.55. The summed E-state index contributed by atoms with van der Waals surface area (Å²) in [6, 6.07) is 0. The number of likely N-dealkylation sites (N-methyl/N-ethyl adjacent to an activating group) is 1. The lowest BCUT2D eigenvalue weighted by Crippen LogP contribution is -2.53. The molecule has 0 radical (unpaired) electrons. The Labute approximate surface area is 98.2 Å². The van der Waals surface area contributed by atoms with Gasteiger partial charge < -0.3 is 10.4 Å². The molecule has 3 heteroatoms. The van der Waals surface area contributed by atoms with Crippen LogP contribution in [0.5, 0.6) is 0 Å². The average molecular weight is 231 g/mol. The van der Waals surface area contributed by atoms with Crippen molar-refractivity contribution in [1.82, 2.24) is 5.32 Å². The van der Waals surface area contributed by atoms with Crippen molar-refractivity contribution >= 4 is 11.8 Å². The van der Waals surface area contributed by atoms with Gasteiger partial charge in [0.15, 0.2) is 0 Å². The van der Waals surface area contributed by atoms with Crippen molar-refractivity contribution in [3.8, 4) is 0 Å². The van der Waals surface area contributed by atoms with Crippen LogP contribution in [-0.2, 0) is 0 Å². The Hall–Kier alpha value is 0.270. The Balaban J connectivity index is 2.55. The SMILES string of the molecule is CCNC(CO)(CSC(C)(C)C)C1CC1. The van der Waals surface area contributed by atoms with E-state index in [1.807, 2.05) is 11.8 Å². The van der Waals surface area contributed by atoms with E-state index in [2.05, 4.69) is 33.0 Å². The average Bonchev–Trinajstić information content (AvgIpc) is 2.94. The molecule has 1 aliphatic carbocycles. The summed E-state index contributed by atoms with van der Waals surface area (Å²) in [6.45, 7) is 10.0. The van der Waals surface area contributed by atoms with Gasteiger partial charge >= 0.3 is 0 Å². The van der Waals surface area contributed by atoms with E-state index in [0.717, 1.165) is 12.3 Å². The summed E-state index contributed by atoms with van der Waals surface area (Å²) >= 11 is 1.95. The van der Waals surface area contributed by atoms with Crippen LogP contribution in [0.4, 0.5) is 0 Å². The molecule has 1 fully saturated rings. The van der Waals surface area contributed by atoms with Crippen molar-refractivity contribution in [1.29, 1.82) is 0 Å². The fraction of sp³-hybridized carbons (Fsp3) is 1.00. The first-order valence-corrected chi connectivity index (χ1v) is 6.92. The van der Waals surface area contributed by atoms with E-state index in [9.17, 15) is 5.11 Å². The van der Waals surface area contributed by atoms with E-state index in [0.29, 0.717) is 5.92 Å². The number of rotatable bonds is 6. The van der Waals surface area contributed by atoms with Crippen molar-refractivity contribution in [3.63, 3.8) is 0 Å². The fourth-order valence-corrected chi connectivity index (χ4v) is 3.00. The highest BCUT2D eigenvalue weighted by molar-refractivity contribution is 8.00. The van der Waals surface area contributed by atoms with Gasteiger partial charge in [-0.2, -0.15) is 11.8 Å². The molecule has 0 aromatic heterocycles. The van der Waals surface area contributed by atoms with Gasteiger partial charge in [-0.15, -0.1) is 0 Å². The van der Waals surface area contributed by atoms with Crippen LogP contribution >= 0.6 is 11.8 Å². The zero-order chi connectivity index (χ0) is 11.5. The molecular weight excluding hydrogens is 206 g/mol. The van der Waals surface area contributed by atoms with Crippen molar-refractivity contribution in [2.45, 2.75) is 50.8 Å². The third-order valence-corrected chi connectivity index (χ3v) is 4.46. The van der Waals surface area contributed by atoms with E-state index < -0.39 is 0 Å². The van der Waals surface area contributed by atoms with Crippen LogP contribution < -0.4 is 5.32 Å². The first-order chi connectivity index (χ1) is 6.93.